The zero-order chi connectivity index (χ0) is 18.8. The predicted octanol–water partition coefficient (Wildman–Crippen LogP) is 1.83. The van der Waals surface area contributed by atoms with Gasteiger partial charge in [0.15, 0.2) is 0 Å². The van der Waals surface area contributed by atoms with Gasteiger partial charge in [-0.2, -0.15) is 0 Å². The van der Waals surface area contributed by atoms with E-state index in [1.54, 1.807) is 21.9 Å². The highest BCUT2D eigenvalue weighted by Gasteiger charge is 2.31. The quantitative estimate of drug-likeness (QED) is 0.897. The van der Waals surface area contributed by atoms with E-state index in [2.05, 4.69) is 5.32 Å². The number of fused-ring (bicyclic) bond motifs is 1. The van der Waals surface area contributed by atoms with Gasteiger partial charge in [0, 0.05) is 31.7 Å². The monoisotopic (exact) mass is 367 g/mol. The number of carbonyl (C=O) groups is 3. The van der Waals surface area contributed by atoms with E-state index in [0.717, 1.165) is 12.0 Å². The van der Waals surface area contributed by atoms with Crippen molar-refractivity contribution in [1.82, 2.24) is 15.1 Å². The first kappa shape index (κ1) is 17.3. The Morgan fingerprint density at radius 3 is 2.67 bits per heavy atom. The minimum Gasteiger partial charge on any atom is -0.472 e. The van der Waals surface area contributed by atoms with Gasteiger partial charge in [0.2, 0.25) is 5.91 Å². The van der Waals surface area contributed by atoms with E-state index in [4.69, 9.17) is 4.42 Å². The Balaban J connectivity index is 1.38. The number of hydrogen-bond acceptors (Lipinski definition) is 4. The standard InChI is InChI=1S/C20H21N3O4/c24-18(12-17-15-4-1-2-5-16(15)19(25)21-17)22-7-3-8-23(10-9-22)20(26)14-6-11-27-13-14/h1-2,4-6,11,13,17H,3,7-10,12H2,(H,21,25). The molecular formula is C20H21N3O4. The zero-order valence-electron chi connectivity index (χ0n) is 14.9. The molecule has 0 saturated carbocycles. The summed E-state index contributed by atoms with van der Waals surface area (Å²) in [5.74, 6) is -0.208. The van der Waals surface area contributed by atoms with Crippen LogP contribution in [-0.2, 0) is 4.79 Å². The number of amides is 3. The fourth-order valence-corrected chi connectivity index (χ4v) is 3.72. The lowest BCUT2D eigenvalue weighted by Crippen LogP contribution is -2.38. The minimum absolute atomic E-state index is 0.00499. The second kappa shape index (κ2) is 7.26. The molecule has 140 valence electrons. The maximum atomic E-state index is 12.8. The number of rotatable bonds is 3. The molecule has 27 heavy (non-hydrogen) atoms. The van der Waals surface area contributed by atoms with Gasteiger partial charge in [-0.15, -0.1) is 0 Å². The Bertz CT molecular complexity index is 862. The molecule has 1 saturated heterocycles. The molecule has 0 aliphatic carbocycles. The molecular weight excluding hydrogens is 346 g/mol. The van der Waals surface area contributed by atoms with Gasteiger partial charge in [0.1, 0.15) is 6.26 Å². The maximum absolute atomic E-state index is 12.8. The highest BCUT2D eigenvalue weighted by molar-refractivity contribution is 5.99. The van der Waals surface area contributed by atoms with E-state index in [9.17, 15) is 14.4 Å². The van der Waals surface area contributed by atoms with Crippen molar-refractivity contribution in [3.8, 4) is 0 Å². The van der Waals surface area contributed by atoms with Gasteiger partial charge in [-0.25, -0.2) is 0 Å². The third-order valence-corrected chi connectivity index (χ3v) is 5.17. The lowest BCUT2D eigenvalue weighted by Gasteiger charge is -2.23. The van der Waals surface area contributed by atoms with Crippen molar-refractivity contribution < 1.29 is 18.8 Å². The van der Waals surface area contributed by atoms with Crippen LogP contribution in [0.5, 0.6) is 0 Å². The predicted molar refractivity (Wildman–Crippen MR) is 97.1 cm³/mol. The van der Waals surface area contributed by atoms with Crippen LogP contribution in [0.15, 0.2) is 47.3 Å². The Morgan fingerprint density at radius 2 is 1.85 bits per heavy atom. The first-order valence-electron chi connectivity index (χ1n) is 9.12. The molecule has 1 fully saturated rings. The van der Waals surface area contributed by atoms with Crippen molar-refractivity contribution in [3.63, 3.8) is 0 Å². The fourth-order valence-electron chi connectivity index (χ4n) is 3.72. The average molecular weight is 367 g/mol. The summed E-state index contributed by atoms with van der Waals surface area (Å²) >= 11 is 0. The van der Waals surface area contributed by atoms with Crippen molar-refractivity contribution in [1.29, 1.82) is 0 Å². The van der Waals surface area contributed by atoms with Gasteiger partial charge >= 0.3 is 0 Å². The van der Waals surface area contributed by atoms with Gasteiger partial charge in [0.25, 0.3) is 11.8 Å². The Kier molecular flexibility index (Phi) is 4.66. The minimum atomic E-state index is -0.284. The average Bonchev–Trinajstić information content (AvgIpc) is 3.23. The molecule has 7 heteroatoms. The Labute approximate surface area is 156 Å². The van der Waals surface area contributed by atoms with Crippen molar-refractivity contribution in [2.45, 2.75) is 18.9 Å². The van der Waals surface area contributed by atoms with E-state index in [0.29, 0.717) is 37.3 Å². The lowest BCUT2D eigenvalue weighted by atomic mass is 10.0. The second-order valence-electron chi connectivity index (χ2n) is 6.86. The Morgan fingerprint density at radius 1 is 1.07 bits per heavy atom. The summed E-state index contributed by atoms with van der Waals surface area (Å²) in [4.78, 5) is 40.8. The van der Waals surface area contributed by atoms with E-state index in [1.807, 2.05) is 18.2 Å². The van der Waals surface area contributed by atoms with Crippen molar-refractivity contribution in [3.05, 3.63) is 59.5 Å². The SMILES string of the molecule is O=C1NC(CC(=O)N2CCCN(C(=O)c3ccoc3)CC2)c2ccccc21. The molecule has 7 nitrogen and oxygen atoms in total. The summed E-state index contributed by atoms with van der Waals surface area (Å²) in [5, 5.41) is 2.89. The van der Waals surface area contributed by atoms with Crippen LogP contribution in [0.2, 0.25) is 0 Å². The van der Waals surface area contributed by atoms with Crippen LogP contribution >= 0.6 is 0 Å². The molecule has 0 spiro atoms. The van der Waals surface area contributed by atoms with Crippen LogP contribution in [-0.4, -0.2) is 53.7 Å². The highest BCUT2D eigenvalue weighted by Crippen LogP contribution is 2.28. The molecule has 3 heterocycles. The van der Waals surface area contributed by atoms with Crippen LogP contribution in [0.3, 0.4) is 0 Å². The van der Waals surface area contributed by atoms with Crippen molar-refractivity contribution in [2.75, 3.05) is 26.2 Å². The molecule has 2 aliphatic rings. The summed E-state index contributed by atoms with van der Waals surface area (Å²) in [5.41, 5.74) is 2.05. The summed E-state index contributed by atoms with van der Waals surface area (Å²) in [6.45, 7) is 2.20. The Hall–Kier alpha value is -3.09. The summed E-state index contributed by atoms with van der Waals surface area (Å²) < 4.78 is 4.98. The zero-order valence-corrected chi connectivity index (χ0v) is 14.9. The number of benzene rings is 1. The van der Waals surface area contributed by atoms with Gasteiger partial charge in [0.05, 0.1) is 24.3 Å². The van der Waals surface area contributed by atoms with Gasteiger partial charge in [-0.3, -0.25) is 14.4 Å². The van der Waals surface area contributed by atoms with Crippen molar-refractivity contribution >= 4 is 17.7 Å². The molecule has 3 amide bonds. The second-order valence-corrected chi connectivity index (χ2v) is 6.86. The summed E-state index contributed by atoms with van der Waals surface area (Å²) in [6, 6.07) is 8.73. The van der Waals surface area contributed by atoms with Crippen LogP contribution in [0.4, 0.5) is 0 Å². The van der Waals surface area contributed by atoms with Crippen LogP contribution < -0.4 is 5.32 Å². The fraction of sp³-hybridized carbons (Fsp3) is 0.350. The topological polar surface area (TPSA) is 82.9 Å². The first-order chi connectivity index (χ1) is 13.1. The van der Waals surface area contributed by atoms with Gasteiger partial charge < -0.3 is 19.5 Å². The molecule has 1 unspecified atom stereocenters. The normalized spacial score (nSPS) is 19.4. The van der Waals surface area contributed by atoms with Crippen LogP contribution in [0.1, 0.15) is 45.2 Å². The first-order valence-corrected chi connectivity index (χ1v) is 9.12. The van der Waals surface area contributed by atoms with Crippen LogP contribution in [0.25, 0.3) is 0 Å². The molecule has 2 aromatic rings. The van der Waals surface area contributed by atoms with Crippen LogP contribution in [0, 0.1) is 0 Å². The van der Waals surface area contributed by atoms with E-state index >= 15 is 0 Å². The van der Waals surface area contributed by atoms with E-state index < -0.39 is 0 Å². The maximum Gasteiger partial charge on any atom is 0.257 e. The number of hydrogen-bond donors (Lipinski definition) is 1. The number of furan rings is 1. The number of nitrogens with one attached hydrogen (secondary N) is 1. The van der Waals surface area contributed by atoms with Gasteiger partial charge in [-0.1, -0.05) is 18.2 Å². The molecule has 0 bridgehead atoms. The van der Waals surface area contributed by atoms with E-state index in [1.165, 1.54) is 12.5 Å². The van der Waals surface area contributed by atoms with Gasteiger partial charge in [-0.05, 0) is 24.1 Å². The summed E-state index contributed by atoms with van der Waals surface area (Å²) in [7, 11) is 0. The molecule has 4 rings (SSSR count). The molecule has 1 N–H and O–H groups in total. The number of nitrogens with zero attached hydrogens (tertiary/aromatic N) is 2. The largest absolute Gasteiger partial charge is 0.472 e. The molecule has 1 aromatic heterocycles. The highest BCUT2D eigenvalue weighted by atomic mass is 16.3. The molecule has 2 aliphatic heterocycles. The molecule has 1 aromatic carbocycles. The summed E-state index contributed by atoms with van der Waals surface area (Å²) in [6.07, 6.45) is 3.88. The third-order valence-electron chi connectivity index (χ3n) is 5.17. The number of carbonyl (C=O) groups excluding carboxylic acids is 3. The smallest absolute Gasteiger partial charge is 0.257 e. The molecule has 0 radical (unpaired) electrons. The van der Waals surface area contributed by atoms with E-state index in [-0.39, 0.29) is 30.2 Å². The lowest BCUT2D eigenvalue weighted by molar-refractivity contribution is -0.131. The van der Waals surface area contributed by atoms with Crippen molar-refractivity contribution in [2.24, 2.45) is 0 Å². The third kappa shape index (κ3) is 3.45. The molecule has 1 atom stereocenters.